The highest BCUT2D eigenvalue weighted by Gasteiger charge is 2.11. The van der Waals surface area contributed by atoms with Gasteiger partial charge in [-0.1, -0.05) is 6.92 Å². The summed E-state index contributed by atoms with van der Waals surface area (Å²) in [6, 6.07) is 4.27. The Morgan fingerprint density at radius 1 is 1.44 bits per heavy atom. The first-order chi connectivity index (χ1) is 8.43. The summed E-state index contributed by atoms with van der Waals surface area (Å²) in [7, 11) is -3.07. The summed E-state index contributed by atoms with van der Waals surface area (Å²) in [6.07, 6.45) is 0. The van der Waals surface area contributed by atoms with Crippen molar-refractivity contribution in [3.63, 3.8) is 0 Å². The number of aryl methyl sites for hydroxylation is 1. The number of halogens is 1. The molecule has 98 valence electrons. The highest BCUT2D eigenvalue weighted by atomic mass is 32.2. The van der Waals surface area contributed by atoms with Crippen LogP contribution in [-0.4, -0.2) is 29.5 Å². The van der Waals surface area contributed by atoms with Crippen molar-refractivity contribution in [2.45, 2.75) is 13.5 Å². The number of aromatic amines is 1. The van der Waals surface area contributed by atoms with Gasteiger partial charge >= 0.3 is 0 Å². The lowest BCUT2D eigenvalue weighted by Gasteiger charge is -2.04. The van der Waals surface area contributed by atoms with Crippen molar-refractivity contribution in [3.05, 3.63) is 28.8 Å². The maximum Gasteiger partial charge on any atom is 0.178 e. The predicted octanol–water partition coefficient (Wildman–Crippen LogP) is 2.27. The van der Waals surface area contributed by atoms with Crippen molar-refractivity contribution in [2.24, 2.45) is 0 Å². The van der Waals surface area contributed by atoms with E-state index in [-0.39, 0.29) is 23.9 Å². The zero-order valence-corrected chi connectivity index (χ0v) is 11.4. The van der Waals surface area contributed by atoms with Gasteiger partial charge < -0.3 is 9.55 Å². The molecule has 1 heterocycles. The monoisotopic (exact) mass is 288 g/mol. The van der Waals surface area contributed by atoms with Gasteiger partial charge in [0.2, 0.25) is 0 Å². The number of H-pyrrole nitrogens is 1. The maximum absolute atomic E-state index is 13.2. The minimum Gasteiger partial charge on any atom is -0.331 e. The molecule has 0 saturated heterocycles. The first kappa shape index (κ1) is 13.2. The Bertz CT molecular complexity index is 731. The van der Waals surface area contributed by atoms with Crippen molar-refractivity contribution in [1.82, 2.24) is 9.55 Å². The van der Waals surface area contributed by atoms with Crippen LogP contribution in [0.25, 0.3) is 11.0 Å². The summed E-state index contributed by atoms with van der Waals surface area (Å²) < 4.78 is 38.2. The molecule has 0 radical (unpaired) electrons. The summed E-state index contributed by atoms with van der Waals surface area (Å²) in [5.74, 6) is -0.276. The third-order valence-electron chi connectivity index (χ3n) is 2.80. The summed E-state index contributed by atoms with van der Waals surface area (Å²) in [6.45, 7) is 1.84. The van der Waals surface area contributed by atoms with Gasteiger partial charge in [-0.15, -0.1) is 0 Å². The van der Waals surface area contributed by atoms with E-state index in [2.05, 4.69) is 4.98 Å². The van der Waals surface area contributed by atoms with Crippen LogP contribution in [0.4, 0.5) is 4.39 Å². The molecule has 0 spiro atoms. The van der Waals surface area contributed by atoms with E-state index in [1.807, 2.05) is 0 Å². The van der Waals surface area contributed by atoms with Gasteiger partial charge in [-0.25, -0.2) is 12.8 Å². The Hall–Kier alpha value is -1.21. The van der Waals surface area contributed by atoms with Crippen LogP contribution in [0, 0.1) is 10.6 Å². The summed E-state index contributed by atoms with van der Waals surface area (Å²) in [5, 5.41) is 0. The van der Waals surface area contributed by atoms with Gasteiger partial charge in [-0.3, -0.25) is 0 Å². The largest absolute Gasteiger partial charge is 0.331 e. The molecule has 1 aromatic carbocycles. The quantitative estimate of drug-likeness (QED) is 0.878. The number of rotatable bonds is 4. The maximum atomic E-state index is 13.2. The minimum absolute atomic E-state index is 0.00126. The van der Waals surface area contributed by atoms with Crippen LogP contribution in [0.5, 0.6) is 0 Å². The standard InChI is InChI=1S/C11H13FN2O2S2/c1-2-18(15,16)6-5-14-10-7-8(12)3-4-9(10)13-11(14)17/h3-4,7H,2,5-6H2,1H3,(H,13,17). The van der Waals surface area contributed by atoms with Crippen molar-refractivity contribution in [2.75, 3.05) is 11.5 Å². The molecule has 0 aliphatic rings. The second-order valence-corrected chi connectivity index (χ2v) is 6.84. The van der Waals surface area contributed by atoms with Crippen LogP contribution < -0.4 is 0 Å². The molecule has 0 amide bonds. The fraction of sp³-hybridized carbons (Fsp3) is 0.364. The van der Waals surface area contributed by atoms with Gasteiger partial charge in [0.25, 0.3) is 0 Å². The number of nitrogens with one attached hydrogen (secondary N) is 1. The van der Waals surface area contributed by atoms with Crippen molar-refractivity contribution < 1.29 is 12.8 Å². The van der Waals surface area contributed by atoms with Crippen LogP contribution in [-0.2, 0) is 16.4 Å². The molecule has 1 N–H and O–H groups in total. The lowest BCUT2D eigenvalue weighted by atomic mass is 10.3. The number of fused-ring (bicyclic) bond motifs is 1. The van der Waals surface area contributed by atoms with Crippen LogP contribution in [0.15, 0.2) is 18.2 Å². The molecule has 0 saturated carbocycles. The number of hydrogen-bond donors (Lipinski definition) is 1. The number of benzene rings is 1. The topological polar surface area (TPSA) is 54.9 Å². The normalized spacial score (nSPS) is 12.1. The van der Waals surface area contributed by atoms with Gasteiger partial charge in [0, 0.05) is 12.3 Å². The van der Waals surface area contributed by atoms with Crippen LogP contribution in [0.2, 0.25) is 0 Å². The fourth-order valence-electron chi connectivity index (χ4n) is 1.72. The molecule has 2 rings (SSSR count). The van der Waals surface area contributed by atoms with E-state index < -0.39 is 9.84 Å². The van der Waals surface area contributed by atoms with Crippen LogP contribution >= 0.6 is 12.2 Å². The number of hydrogen-bond acceptors (Lipinski definition) is 3. The third kappa shape index (κ3) is 2.62. The van der Waals surface area contributed by atoms with E-state index in [0.29, 0.717) is 15.8 Å². The Kier molecular flexibility index (Phi) is 3.54. The number of sulfone groups is 1. The van der Waals surface area contributed by atoms with Gasteiger partial charge in [0.15, 0.2) is 14.6 Å². The van der Waals surface area contributed by atoms with Gasteiger partial charge in [-0.2, -0.15) is 0 Å². The molecule has 0 atom stereocenters. The smallest absolute Gasteiger partial charge is 0.178 e. The molecule has 7 heteroatoms. The van der Waals surface area contributed by atoms with E-state index in [1.54, 1.807) is 17.6 Å². The summed E-state index contributed by atoms with van der Waals surface area (Å²) >= 11 is 5.11. The average Bonchev–Trinajstić information content (AvgIpc) is 2.62. The molecule has 1 aromatic heterocycles. The van der Waals surface area contributed by atoms with Gasteiger partial charge in [0.05, 0.1) is 16.8 Å². The second kappa shape index (κ2) is 4.81. The van der Waals surface area contributed by atoms with E-state index in [0.717, 1.165) is 0 Å². The molecular formula is C11H13FN2O2S2. The zero-order valence-electron chi connectivity index (χ0n) is 9.81. The molecule has 2 aromatic rings. The molecule has 0 aliphatic heterocycles. The second-order valence-electron chi connectivity index (χ2n) is 3.98. The van der Waals surface area contributed by atoms with Crippen molar-refractivity contribution in [1.29, 1.82) is 0 Å². The lowest BCUT2D eigenvalue weighted by molar-refractivity contribution is 0.590. The Balaban J connectivity index is 2.42. The lowest BCUT2D eigenvalue weighted by Crippen LogP contribution is -2.14. The highest BCUT2D eigenvalue weighted by molar-refractivity contribution is 7.91. The van der Waals surface area contributed by atoms with Crippen LogP contribution in [0.3, 0.4) is 0 Å². The number of imidazole rings is 1. The number of aromatic nitrogens is 2. The van der Waals surface area contributed by atoms with E-state index >= 15 is 0 Å². The zero-order chi connectivity index (χ0) is 13.3. The predicted molar refractivity (Wildman–Crippen MR) is 71.4 cm³/mol. The highest BCUT2D eigenvalue weighted by Crippen LogP contribution is 2.15. The first-order valence-electron chi connectivity index (χ1n) is 5.51. The minimum atomic E-state index is -3.07. The molecule has 0 bridgehead atoms. The molecule has 4 nitrogen and oxygen atoms in total. The SMILES string of the molecule is CCS(=O)(=O)CCn1c(=S)[nH]c2ccc(F)cc21. The first-order valence-corrected chi connectivity index (χ1v) is 7.74. The molecule has 0 aliphatic carbocycles. The molecule has 0 unspecified atom stereocenters. The van der Waals surface area contributed by atoms with Crippen molar-refractivity contribution in [3.8, 4) is 0 Å². The van der Waals surface area contributed by atoms with E-state index in [4.69, 9.17) is 12.2 Å². The van der Waals surface area contributed by atoms with E-state index in [1.165, 1.54) is 12.1 Å². The summed E-state index contributed by atoms with van der Waals surface area (Å²) in [4.78, 5) is 2.92. The Morgan fingerprint density at radius 2 is 2.17 bits per heavy atom. The van der Waals surface area contributed by atoms with Gasteiger partial charge in [-0.05, 0) is 30.4 Å². The number of nitrogens with zero attached hydrogens (tertiary/aromatic N) is 1. The molecule has 18 heavy (non-hydrogen) atoms. The average molecular weight is 288 g/mol. The molecular weight excluding hydrogens is 275 g/mol. The third-order valence-corrected chi connectivity index (χ3v) is 4.81. The van der Waals surface area contributed by atoms with Gasteiger partial charge in [0.1, 0.15) is 5.82 Å². The van der Waals surface area contributed by atoms with Crippen LogP contribution in [0.1, 0.15) is 6.92 Å². The summed E-state index contributed by atoms with van der Waals surface area (Å²) in [5.41, 5.74) is 1.29. The molecule has 0 fully saturated rings. The van der Waals surface area contributed by atoms with Crippen molar-refractivity contribution >= 4 is 33.1 Å². The fourth-order valence-corrected chi connectivity index (χ4v) is 2.77. The van der Waals surface area contributed by atoms with E-state index in [9.17, 15) is 12.8 Å². The Labute approximate surface area is 109 Å². The Morgan fingerprint density at radius 3 is 2.83 bits per heavy atom.